The van der Waals surface area contributed by atoms with Crippen LogP contribution in [0.15, 0.2) is 45.3 Å². The second kappa shape index (κ2) is 6.11. The Morgan fingerprint density at radius 3 is 2.53 bits per heavy atom. The number of hydrogen-bond donors (Lipinski definition) is 1. The number of hydrogen-bond acceptors (Lipinski definition) is 1. The minimum Gasteiger partial charge on any atom is -0.324 e. The van der Waals surface area contributed by atoms with Gasteiger partial charge in [-0.15, -0.1) is 0 Å². The van der Waals surface area contributed by atoms with E-state index in [4.69, 9.17) is 5.73 Å². The minimum absolute atomic E-state index is 0.329. The van der Waals surface area contributed by atoms with Crippen LogP contribution in [0, 0.1) is 11.6 Å². The lowest BCUT2D eigenvalue weighted by molar-refractivity contribution is 0.609. The molecule has 0 saturated carbocycles. The second-order valence-corrected chi connectivity index (χ2v) is 5.94. The molecule has 0 aliphatic heterocycles. The molecule has 2 rings (SSSR count). The maximum absolute atomic E-state index is 13.4. The van der Waals surface area contributed by atoms with Gasteiger partial charge in [-0.05, 0) is 57.7 Å². The molecule has 1 atom stereocenters. The van der Waals surface area contributed by atoms with Gasteiger partial charge >= 0.3 is 0 Å². The zero-order chi connectivity index (χ0) is 14.0. The predicted octanol–water partition coefficient (Wildman–Crippen LogP) is 4.73. The highest BCUT2D eigenvalue weighted by Crippen LogP contribution is 2.26. The van der Waals surface area contributed by atoms with Crippen molar-refractivity contribution in [2.75, 3.05) is 0 Å². The monoisotopic (exact) mass is 389 g/mol. The van der Waals surface area contributed by atoms with Crippen molar-refractivity contribution in [3.05, 3.63) is 68.1 Å². The molecule has 0 aliphatic rings. The van der Waals surface area contributed by atoms with Gasteiger partial charge in [0.15, 0.2) is 0 Å². The van der Waals surface area contributed by atoms with Crippen molar-refractivity contribution < 1.29 is 8.78 Å². The van der Waals surface area contributed by atoms with Gasteiger partial charge in [-0.2, -0.15) is 0 Å². The SMILES string of the molecule is NC(Cc1cccc(F)c1Br)c1cc(F)cc(Br)c1. The summed E-state index contributed by atoms with van der Waals surface area (Å²) in [6.07, 6.45) is 0.425. The Labute approximate surface area is 127 Å². The average Bonchev–Trinajstić information content (AvgIpc) is 2.33. The minimum atomic E-state index is -0.398. The molecule has 0 saturated heterocycles. The molecule has 0 bridgehead atoms. The molecule has 0 heterocycles. The van der Waals surface area contributed by atoms with Crippen LogP contribution in [0.2, 0.25) is 0 Å². The summed E-state index contributed by atoms with van der Waals surface area (Å²) in [4.78, 5) is 0. The molecule has 2 N–H and O–H groups in total. The largest absolute Gasteiger partial charge is 0.324 e. The molecule has 0 amide bonds. The fraction of sp³-hybridized carbons (Fsp3) is 0.143. The van der Waals surface area contributed by atoms with E-state index in [0.29, 0.717) is 20.9 Å². The Bertz CT molecular complexity index is 582. The van der Waals surface area contributed by atoms with Crippen molar-refractivity contribution in [2.45, 2.75) is 12.5 Å². The molecule has 0 fully saturated rings. The Balaban J connectivity index is 2.25. The first kappa shape index (κ1) is 14.6. The van der Waals surface area contributed by atoms with Gasteiger partial charge in [0.1, 0.15) is 11.6 Å². The van der Waals surface area contributed by atoms with Gasteiger partial charge in [0, 0.05) is 10.5 Å². The van der Waals surface area contributed by atoms with Gasteiger partial charge in [0.25, 0.3) is 0 Å². The number of halogens is 4. The normalized spacial score (nSPS) is 12.5. The zero-order valence-corrected chi connectivity index (χ0v) is 13.0. The van der Waals surface area contributed by atoms with Crippen molar-refractivity contribution in [1.82, 2.24) is 0 Å². The molecule has 1 unspecified atom stereocenters. The molecule has 1 nitrogen and oxygen atoms in total. The van der Waals surface area contributed by atoms with Crippen LogP contribution >= 0.6 is 31.9 Å². The van der Waals surface area contributed by atoms with Gasteiger partial charge in [-0.1, -0.05) is 28.1 Å². The summed E-state index contributed by atoms with van der Waals surface area (Å²) in [6.45, 7) is 0. The van der Waals surface area contributed by atoms with Crippen molar-refractivity contribution >= 4 is 31.9 Å². The van der Waals surface area contributed by atoms with Crippen LogP contribution < -0.4 is 5.73 Å². The summed E-state index contributed by atoms with van der Waals surface area (Å²) in [6, 6.07) is 8.92. The van der Waals surface area contributed by atoms with Gasteiger partial charge < -0.3 is 5.73 Å². The van der Waals surface area contributed by atoms with Crippen LogP contribution in [0.25, 0.3) is 0 Å². The standard InChI is InChI=1S/C14H11Br2F2N/c15-10-4-9(5-11(17)7-10)13(19)6-8-2-1-3-12(18)14(8)16/h1-5,7,13H,6,19H2. The van der Waals surface area contributed by atoms with Crippen molar-refractivity contribution in [3.8, 4) is 0 Å². The van der Waals surface area contributed by atoms with Crippen molar-refractivity contribution in [3.63, 3.8) is 0 Å². The van der Waals surface area contributed by atoms with Gasteiger partial charge in [0.2, 0.25) is 0 Å². The highest BCUT2D eigenvalue weighted by molar-refractivity contribution is 9.10. The molecule has 2 aromatic rings. The lowest BCUT2D eigenvalue weighted by Gasteiger charge is -2.14. The Morgan fingerprint density at radius 2 is 1.84 bits per heavy atom. The lowest BCUT2D eigenvalue weighted by Crippen LogP contribution is -2.14. The van der Waals surface area contributed by atoms with E-state index in [0.717, 1.165) is 5.56 Å². The Hall–Kier alpha value is -0.780. The molecular weight excluding hydrogens is 380 g/mol. The molecule has 19 heavy (non-hydrogen) atoms. The van der Waals surface area contributed by atoms with E-state index in [9.17, 15) is 8.78 Å². The number of nitrogens with two attached hydrogens (primary N) is 1. The molecule has 5 heteroatoms. The summed E-state index contributed by atoms with van der Waals surface area (Å²) < 4.78 is 27.8. The first-order valence-electron chi connectivity index (χ1n) is 5.62. The van der Waals surface area contributed by atoms with Crippen LogP contribution in [-0.4, -0.2) is 0 Å². The average molecular weight is 391 g/mol. The van der Waals surface area contributed by atoms with Gasteiger partial charge in [-0.3, -0.25) is 0 Å². The van der Waals surface area contributed by atoms with E-state index in [1.54, 1.807) is 18.2 Å². The Kier molecular flexibility index (Phi) is 4.71. The molecular formula is C14H11Br2F2N. The number of rotatable bonds is 3. The van der Waals surface area contributed by atoms with E-state index >= 15 is 0 Å². The summed E-state index contributed by atoms with van der Waals surface area (Å²) in [5.41, 5.74) is 7.48. The summed E-state index contributed by atoms with van der Waals surface area (Å²) in [5.74, 6) is -0.678. The van der Waals surface area contributed by atoms with Crippen LogP contribution in [-0.2, 0) is 6.42 Å². The molecule has 0 aromatic heterocycles. The smallest absolute Gasteiger partial charge is 0.137 e. The maximum atomic E-state index is 13.4. The predicted molar refractivity (Wildman–Crippen MR) is 78.8 cm³/mol. The quantitative estimate of drug-likeness (QED) is 0.805. The van der Waals surface area contributed by atoms with Crippen molar-refractivity contribution in [2.24, 2.45) is 5.73 Å². The first-order chi connectivity index (χ1) is 8.97. The van der Waals surface area contributed by atoms with Crippen molar-refractivity contribution in [1.29, 1.82) is 0 Å². The summed E-state index contributed by atoms with van der Waals surface area (Å²) >= 11 is 6.42. The van der Waals surface area contributed by atoms with Gasteiger partial charge in [-0.25, -0.2) is 8.78 Å². The third kappa shape index (κ3) is 3.61. The molecule has 100 valence electrons. The van der Waals surface area contributed by atoms with E-state index < -0.39 is 6.04 Å². The van der Waals surface area contributed by atoms with Gasteiger partial charge in [0.05, 0.1) is 4.47 Å². The molecule has 0 radical (unpaired) electrons. The Morgan fingerprint density at radius 1 is 1.11 bits per heavy atom. The third-order valence-corrected chi connectivity index (χ3v) is 4.13. The fourth-order valence-corrected chi connectivity index (χ4v) is 2.76. The third-order valence-electron chi connectivity index (χ3n) is 2.78. The lowest BCUT2D eigenvalue weighted by atomic mass is 9.99. The summed E-state index contributed by atoms with van der Waals surface area (Å²) in [5, 5.41) is 0. The zero-order valence-electron chi connectivity index (χ0n) is 9.84. The van der Waals surface area contributed by atoms with E-state index in [1.165, 1.54) is 18.2 Å². The summed E-state index contributed by atoms with van der Waals surface area (Å²) in [7, 11) is 0. The van der Waals surface area contributed by atoms with E-state index in [-0.39, 0.29) is 11.6 Å². The molecule has 0 spiro atoms. The molecule has 0 aliphatic carbocycles. The topological polar surface area (TPSA) is 26.0 Å². The fourth-order valence-electron chi connectivity index (χ4n) is 1.85. The number of benzene rings is 2. The van der Waals surface area contributed by atoms with E-state index in [1.807, 2.05) is 0 Å². The van der Waals surface area contributed by atoms with E-state index in [2.05, 4.69) is 31.9 Å². The van der Waals surface area contributed by atoms with Crippen LogP contribution in [0.4, 0.5) is 8.78 Å². The molecule has 2 aromatic carbocycles. The second-order valence-electron chi connectivity index (χ2n) is 4.23. The maximum Gasteiger partial charge on any atom is 0.137 e. The highest BCUT2D eigenvalue weighted by Gasteiger charge is 2.13. The van der Waals surface area contributed by atoms with Crippen LogP contribution in [0.3, 0.4) is 0 Å². The van der Waals surface area contributed by atoms with Crippen LogP contribution in [0.1, 0.15) is 17.2 Å². The highest BCUT2D eigenvalue weighted by atomic mass is 79.9. The first-order valence-corrected chi connectivity index (χ1v) is 7.20. The van der Waals surface area contributed by atoms with Crippen LogP contribution in [0.5, 0.6) is 0 Å².